The number of aromatic nitrogens is 9. The number of halogens is 2. The van der Waals surface area contributed by atoms with Gasteiger partial charge in [-0.2, -0.15) is 0 Å². The Morgan fingerprint density at radius 1 is 0.857 bits per heavy atom. The molecule has 56 heavy (non-hydrogen) atoms. The summed E-state index contributed by atoms with van der Waals surface area (Å²) in [6.45, 7) is 3.56. The van der Waals surface area contributed by atoms with Gasteiger partial charge in [-0.15, -0.1) is 0 Å². The van der Waals surface area contributed by atoms with Crippen LogP contribution in [0.15, 0.2) is 63.8 Å². The van der Waals surface area contributed by atoms with Gasteiger partial charge in [0.1, 0.15) is 17.6 Å². The molecule has 0 saturated heterocycles. The van der Waals surface area contributed by atoms with Crippen molar-refractivity contribution in [3.63, 3.8) is 0 Å². The third kappa shape index (κ3) is 20.2. The van der Waals surface area contributed by atoms with Gasteiger partial charge in [-0.05, 0) is 17.5 Å². The van der Waals surface area contributed by atoms with Gasteiger partial charge in [0.2, 0.25) is 0 Å². The number of H-pyrrole nitrogens is 6. The summed E-state index contributed by atoms with van der Waals surface area (Å²) in [7, 11) is -4.26. The second kappa shape index (κ2) is 28.7. The third-order valence-corrected chi connectivity index (χ3v) is 6.89. The van der Waals surface area contributed by atoms with Crippen molar-refractivity contribution in [2.75, 3.05) is 13.2 Å². The van der Waals surface area contributed by atoms with Gasteiger partial charge in [-0.3, -0.25) is 33.7 Å². The summed E-state index contributed by atoms with van der Waals surface area (Å²) >= 11 is 0. The molecule has 0 fully saturated rings. The molecule has 0 amide bonds. The van der Waals surface area contributed by atoms with Crippen LogP contribution in [0, 0.1) is 5.92 Å². The molecule has 28 heteroatoms. The van der Waals surface area contributed by atoms with Gasteiger partial charge in [0.25, 0.3) is 11.1 Å². The van der Waals surface area contributed by atoms with E-state index in [-0.39, 0.29) is 142 Å². The molecule has 298 valence electrons. The zero-order valence-electron chi connectivity index (χ0n) is 30.4. The van der Waals surface area contributed by atoms with Gasteiger partial charge in [-0.25, -0.2) is 24.3 Å². The average Bonchev–Trinajstić information content (AvgIpc) is 3.85. The number of hydrogen-bond donors (Lipinski definition) is 13. The number of fused-ring (bicyclic) bond motifs is 3. The van der Waals surface area contributed by atoms with E-state index in [9.17, 15) is 28.5 Å². The fraction of sp³-hybridized carbons (Fsp3) is 0.286. The average molecular weight is 884 g/mol. The fourth-order valence-electron chi connectivity index (χ4n) is 3.72. The second-order valence-corrected chi connectivity index (χ2v) is 11.8. The number of carboxylic acids is 2. The Bertz CT molecular complexity index is 2280. The summed E-state index contributed by atoms with van der Waals surface area (Å²) in [5.74, 6) is -1.88. The molecule has 0 radical (unpaired) electrons. The number of nitrogens with one attached hydrogen (secondary N) is 6. The molecular weight excluding hydrogens is 844 g/mol. The minimum Gasteiger partial charge on any atom is -1.00 e. The predicted octanol–water partition coefficient (Wildman–Crippen LogP) is -13.2. The van der Waals surface area contributed by atoms with Crippen molar-refractivity contribution < 1.29 is 144 Å². The van der Waals surface area contributed by atoms with Crippen LogP contribution in [0.25, 0.3) is 33.2 Å². The predicted molar refractivity (Wildman–Crippen MR) is 187 cm³/mol. The first-order valence-electron chi connectivity index (χ1n) is 14.9. The summed E-state index contributed by atoms with van der Waals surface area (Å²) < 4.78 is 13.7. The van der Waals surface area contributed by atoms with E-state index in [1.54, 1.807) is 13.8 Å². The third-order valence-electron chi connectivity index (χ3n) is 6.37. The number of aliphatic carboxylic acids is 2. The van der Waals surface area contributed by atoms with Gasteiger partial charge < -0.3 is 82.0 Å². The maximum Gasteiger partial charge on any atom is 1.00 e. The molecule has 2 atom stereocenters. The first-order chi connectivity index (χ1) is 24.4. The second-order valence-electron chi connectivity index (χ2n) is 10.6. The number of phosphoric ester groups is 1. The molecule has 0 aliphatic rings. The van der Waals surface area contributed by atoms with E-state index in [2.05, 4.69) is 49.4 Å². The minimum absolute atomic E-state index is 0. The van der Waals surface area contributed by atoms with E-state index in [0.717, 1.165) is 16.5 Å². The Kier molecular flexibility index (Phi) is 29.6. The Morgan fingerprint density at radius 2 is 1.43 bits per heavy atom. The number of aromatic amines is 6. The van der Waals surface area contributed by atoms with Crippen LogP contribution in [-0.4, -0.2) is 102 Å². The minimum atomic E-state index is -4.26. The monoisotopic (exact) mass is 882 g/mol. The molecule has 23 nitrogen and oxygen atoms in total. The fourth-order valence-corrected chi connectivity index (χ4v) is 4.07. The van der Waals surface area contributed by atoms with Crippen molar-refractivity contribution >= 4 is 53.0 Å². The van der Waals surface area contributed by atoms with Crippen LogP contribution in [-0.2, 0) is 25.1 Å². The van der Waals surface area contributed by atoms with E-state index >= 15 is 0 Å². The smallest absolute Gasteiger partial charge is 1.00 e. The van der Waals surface area contributed by atoms with Crippen LogP contribution in [0.1, 0.15) is 19.4 Å². The normalized spacial score (nSPS) is 11.1. The number of imidazole rings is 2. The van der Waals surface area contributed by atoms with Crippen molar-refractivity contribution in [3.05, 3.63) is 86.2 Å². The van der Waals surface area contributed by atoms with E-state index in [1.807, 2.05) is 30.5 Å². The molecule has 16 N–H and O–H groups in total. The maximum absolute atomic E-state index is 10.9. The van der Waals surface area contributed by atoms with Crippen molar-refractivity contribution in [2.45, 2.75) is 32.4 Å². The standard InChI is InChI=1S/C11H12N2O2.C5H4N4O2.C5H4N4O.C5H11NO2.C2H8NO4P.2ClH.K.Na/c12-9(11(14)15)5-7-6-13-10-4-2-1-3-8(7)10;10-4-2-3(7-1-6-2)8-5(11)9-4;10-5-3-4(7-1-6-3)8-2-9-5;1-3(2)4(6)5(7)8;3-1-2-7-8(4,5)6;;;;/h1-4,6,9,13H,5,12H2,(H,14,15);1H,(H3,6,7,8,9,10,11);1-2H,(H2,6,7,8,9,10);3-4H,6H2,1-2H3,(H,7,8);1-3H2,(H2,4,5,6);2*1H;;/q;;;;;;;2*+1/p-2/t9-;;;4-;;;;;/m0..0...../s1. The molecule has 6 aromatic rings. The molecule has 0 aliphatic heterocycles. The molecule has 0 saturated carbocycles. The molecule has 0 spiro atoms. The quantitative estimate of drug-likeness (QED) is 0.0498. The van der Waals surface area contributed by atoms with Gasteiger partial charge in [0.15, 0.2) is 16.8 Å². The number of carbonyl (C=O) groups is 2. The van der Waals surface area contributed by atoms with Gasteiger partial charge in [0, 0.05) is 30.1 Å². The maximum atomic E-state index is 10.9. The van der Waals surface area contributed by atoms with Crippen molar-refractivity contribution in [3.8, 4) is 0 Å². The Labute approximate surface area is 393 Å². The topological polar surface area (TPSA) is 404 Å². The summed E-state index contributed by atoms with van der Waals surface area (Å²) in [5, 5.41) is 18.0. The van der Waals surface area contributed by atoms with Gasteiger partial charge in [0.05, 0.1) is 25.6 Å². The van der Waals surface area contributed by atoms with E-state index < -0.39 is 43.1 Å². The molecule has 0 bridgehead atoms. The molecule has 6 rings (SSSR count). The molecule has 5 aromatic heterocycles. The van der Waals surface area contributed by atoms with E-state index in [1.165, 1.54) is 19.0 Å². The molecular formula is C28H39Cl2KN12NaO11P. The first-order valence-corrected chi connectivity index (χ1v) is 16.4. The summed E-state index contributed by atoms with van der Waals surface area (Å²) in [6.07, 6.45) is 6.26. The number of hydrogen-bond acceptors (Lipinski definition) is 13. The van der Waals surface area contributed by atoms with Gasteiger partial charge in [-0.1, -0.05) is 32.0 Å². The zero-order valence-corrected chi connectivity index (χ0v) is 37.9. The number of nitrogens with zero attached hydrogens (tertiary/aromatic N) is 3. The Balaban J connectivity index is -0.000000629. The summed E-state index contributed by atoms with van der Waals surface area (Å²) in [5.41, 5.74) is 17.7. The van der Waals surface area contributed by atoms with Crippen molar-refractivity contribution in [2.24, 2.45) is 23.1 Å². The summed E-state index contributed by atoms with van der Waals surface area (Å²) in [4.78, 5) is 95.5. The largest absolute Gasteiger partial charge is 1.00 e. The van der Waals surface area contributed by atoms with Crippen LogP contribution in [0.5, 0.6) is 0 Å². The van der Waals surface area contributed by atoms with E-state index in [0.29, 0.717) is 17.6 Å². The number of phosphoric acid groups is 1. The van der Waals surface area contributed by atoms with Crippen molar-refractivity contribution in [1.29, 1.82) is 0 Å². The van der Waals surface area contributed by atoms with Crippen LogP contribution >= 0.6 is 7.82 Å². The van der Waals surface area contributed by atoms with Crippen LogP contribution in [0.4, 0.5) is 0 Å². The number of rotatable bonds is 8. The molecule has 0 aliphatic carbocycles. The molecule has 0 unspecified atom stereocenters. The first kappa shape index (κ1) is 57.7. The number of nitrogens with two attached hydrogens (primary N) is 3. The van der Waals surface area contributed by atoms with Crippen LogP contribution in [0.3, 0.4) is 0 Å². The van der Waals surface area contributed by atoms with Crippen molar-refractivity contribution in [1.82, 2.24) is 44.9 Å². The zero-order chi connectivity index (χ0) is 39.0. The molecule has 1 aromatic carbocycles. The Morgan fingerprint density at radius 3 is 1.93 bits per heavy atom. The number of para-hydroxylation sites is 1. The summed E-state index contributed by atoms with van der Waals surface area (Å²) in [6, 6.07) is 6.20. The molecule has 5 heterocycles. The van der Waals surface area contributed by atoms with E-state index in [4.69, 9.17) is 37.2 Å². The number of carboxylic acid groups (broad SMARTS) is 2. The van der Waals surface area contributed by atoms with Crippen LogP contribution < -0.4 is 140 Å². The SMILES string of the molecule is CC(C)[C@H](N)C(=O)O.NCCOP(=O)(O)O.N[C@@H](Cc1c[nH]c2ccccc12)C(=O)O.O=c1[nH]c(=O)c2[nH]cnc2[nH]1.O=c1[nH]cnc2nc[nH]c12.[Cl-].[Cl-].[K+].[Na+]. The Hall–Kier alpha value is -2.59. The van der Waals surface area contributed by atoms with Gasteiger partial charge >= 0.3 is 106 Å². The number of benzene rings is 1. The van der Waals surface area contributed by atoms with Crippen LogP contribution in [0.2, 0.25) is 0 Å².